The fourth-order valence-electron chi connectivity index (χ4n) is 2.04. The van der Waals surface area contributed by atoms with E-state index in [-0.39, 0.29) is 11.7 Å². The third-order valence-electron chi connectivity index (χ3n) is 3.12. The molecule has 1 heterocycles. The summed E-state index contributed by atoms with van der Waals surface area (Å²) >= 11 is 3.12. The van der Waals surface area contributed by atoms with Gasteiger partial charge in [0.05, 0.1) is 11.0 Å². The second kappa shape index (κ2) is 6.45. The Morgan fingerprint density at radius 3 is 2.84 bits per heavy atom. The quantitative estimate of drug-likeness (QED) is 0.887. The van der Waals surface area contributed by atoms with Gasteiger partial charge in [-0.05, 0) is 40.5 Å². The van der Waals surface area contributed by atoms with Crippen molar-refractivity contribution < 1.29 is 9.18 Å². The molecule has 0 aliphatic carbocycles. The molecule has 0 saturated carbocycles. The molecule has 4 nitrogen and oxygen atoms in total. The molecule has 2 rings (SSSR count). The highest BCUT2D eigenvalue weighted by atomic mass is 79.9. The summed E-state index contributed by atoms with van der Waals surface area (Å²) in [6, 6.07) is 3.00. The number of nitrogens with one attached hydrogen (secondary N) is 2. The van der Waals surface area contributed by atoms with Gasteiger partial charge in [-0.2, -0.15) is 0 Å². The summed E-state index contributed by atoms with van der Waals surface area (Å²) in [7, 11) is 0. The Morgan fingerprint density at radius 1 is 1.47 bits per heavy atom. The summed E-state index contributed by atoms with van der Waals surface area (Å²) in [6.07, 6.45) is 0. The number of rotatable bonds is 3. The smallest absolute Gasteiger partial charge is 0.238 e. The number of anilines is 1. The molecule has 0 aromatic heterocycles. The molecule has 0 radical (unpaired) electrons. The van der Waals surface area contributed by atoms with E-state index >= 15 is 0 Å². The van der Waals surface area contributed by atoms with Gasteiger partial charge in [0.1, 0.15) is 5.82 Å². The van der Waals surface area contributed by atoms with Gasteiger partial charge in [-0.15, -0.1) is 0 Å². The highest BCUT2D eigenvalue weighted by Gasteiger charge is 2.14. The average Bonchev–Trinajstić information content (AvgIpc) is 2.37. The third kappa shape index (κ3) is 3.99. The Morgan fingerprint density at radius 2 is 2.16 bits per heavy atom. The molecule has 0 unspecified atom stereocenters. The molecule has 2 N–H and O–H groups in total. The van der Waals surface area contributed by atoms with Gasteiger partial charge >= 0.3 is 0 Å². The molecule has 1 amide bonds. The third-order valence-corrected chi connectivity index (χ3v) is 3.73. The monoisotopic (exact) mass is 329 g/mol. The Kier molecular flexibility index (Phi) is 4.90. The van der Waals surface area contributed by atoms with Crippen molar-refractivity contribution in [3.63, 3.8) is 0 Å². The van der Waals surface area contributed by atoms with E-state index in [2.05, 4.69) is 31.5 Å². The number of amides is 1. The summed E-state index contributed by atoms with van der Waals surface area (Å²) in [5.41, 5.74) is 1.36. The maximum absolute atomic E-state index is 13.3. The average molecular weight is 330 g/mol. The van der Waals surface area contributed by atoms with Crippen molar-refractivity contribution in [1.82, 2.24) is 10.2 Å². The standard InChI is InChI=1S/C13H17BrFN3O/c1-9-6-11(15)10(14)7-12(9)17-13(19)8-18-4-2-16-3-5-18/h6-7,16H,2-5,8H2,1H3,(H,17,19). The second-order valence-corrected chi connectivity index (χ2v) is 5.51. The lowest BCUT2D eigenvalue weighted by molar-refractivity contribution is -0.117. The van der Waals surface area contributed by atoms with Gasteiger partial charge in [0.2, 0.25) is 5.91 Å². The zero-order valence-electron chi connectivity index (χ0n) is 10.8. The first-order valence-electron chi connectivity index (χ1n) is 6.25. The fourth-order valence-corrected chi connectivity index (χ4v) is 2.39. The van der Waals surface area contributed by atoms with Gasteiger partial charge in [0.15, 0.2) is 0 Å². The van der Waals surface area contributed by atoms with Crippen LogP contribution < -0.4 is 10.6 Å². The maximum Gasteiger partial charge on any atom is 0.238 e. The van der Waals surface area contributed by atoms with Gasteiger partial charge in [0.25, 0.3) is 0 Å². The minimum absolute atomic E-state index is 0.0662. The molecule has 0 spiro atoms. The van der Waals surface area contributed by atoms with Crippen molar-refractivity contribution in [3.8, 4) is 0 Å². The van der Waals surface area contributed by atoms with Crippen molar-refractivity contribution in [2.75, 3.05) is 38.0 Å². The molecular formula is C13H17BrFN3O. The van der Waals surface area contributed by atoms with E-state index in [1.165, 1.54) is 6.07 Å². The molecule has 104 valence electrons. The Balaban J connectivity index is 1.96. The molecule has 1 aromatic rings. The van der Waals surface area contributed by atoms with Crippen molar-refractivity contribution in [3.05, 3.63) is 28.0 Å². The van der Waals surface area contributed by atoms with E-state index in [1.54, 1.807) is 13.0 Å². The summed E-state index contributed by atoms with van der Waals surface area (Å²) < 4.78 is 13.7. The molecule has 1 fully saturated rings. The van der Waals surface area contributed by atoms with Crippen LogP contribution in [0.3, 0.4) is 0 Å². The number of piperazine rings is 1. The number of hydrogen-bond donors (Lipinski definition) is 2. The van der Waals surface area contributed by atoms with Crippen LogP contribution in [0.1, 0.15) is 5.56 Å². The number of benzene rings is 1. The Labute approximate surface area is 120 Å². The topological polar surface area (TPSA) is 44.4 Å². The van der Waals surface area contributed by atoms with E-state index in [4.69, 9.17) is 0 Å². The molecule has 1 saturated heterocycles. The molecule has 0 bridgehead atoms. The lowest BCUT2D eigenvalue weighted by Crippen LogP contribution is -2.46. The Hall–Kier alpha value is -0.980. The zero-order valence-corrected chi connectivity index (χ0v) is 12.4. The number of nitrogens with zero attached hydrogens (tertiary/aromatic N) is 1. The molecule has 6 heteroatoms. The van der Waals surface area contributed by atoms with E-state index in [1.807, 2.05) is 0 Å². The normalized spacial score (nSPS) is 16.4. The number of aryl methyl sites for hydroxylation is 1. The van der Waals surface area contributed by atoms with Gasteiger partial charge in [-0.1, -0.05) is 0 Å². The molecule has 19 heavy (non-hydrogen) atoms. The Bertz CT molecular complexity index is 475. The van der Waals surface area contributed by atoms with Crippen LogP contribution in [-0.2, 0) is 4.79 Å². The summed E-state index contributed by atoms with van der Waals surface area (Å²) in [5.74, 6) is -0.388. The van der Waals surface area contributed by atoms with Gasteiger partial charge in [0, 0.05) is 31.9 Å². The van der Waals surface area contributed by atoms with Crippen LogP contribution in [0.2, 0.25) is 0 Å². The number of carbonyl (C=O) groups excluding carboxylic acids is 1. The van der Waals surface area contributed by atoms with Crippen LogP contribution >= 0.6 is 15.9 Å². The highest BCUT2D eigenvalue weighted by Crippen LogP contribution is 2.24. The predicted molar refractivity (Wildman–Crippen MR) is 76.8 cm³/mol. The summed E-state index contributed by atoms with van der Waals surface area (Å²) in [6.45, 7) is 5.72. The molecule has 1 aromatic carbocycles. The molecule has 1 aliphatic heterocycles. The fraction of sp³-hybridized carbons (Fsp3) is 0.462. The zero-order chi connectivity index (χ0) is 13.8. The summed E-state index contributed by atoms with van der Waals surface area (Å²) in [5, 5.41) is 6.07. The first-order chi connectivity index (χ1) is 9.06. The highest BCUT2D eigenvalue weighted by molar-refractivity contribution is 9.10. The minimum atomic E-state index is -0.322. The maximum atomic E-state index is 13.3. The first kappa shape index (κ1) is 14.4. The van der Waals surface area contributed by atoms with Crippen LogP contribution in [0.25, 0.3) is 0 Å². The van der Waals surface area contributed by atoms with Gasteiger partial charge in [-0.25, -0.2) is 4.39 Å². The summed E-state index contributed by atoms with van der Waals surface area (Å²) in [4.78, 5) is 14.0. The second-order valence-electron chi connectivity index (χ2n) is 4.66. The molecule has 1 aliphatic rings. The first-order valence-corrected chi connectivity index (χ1v) is 7.04. The van der Waals surface area contributed by atoms with E-state index < -0.39 is 0 Å². The van der Waals surface area contributed by atoms with Crippen molar-refractivity contribution in [2.45, 2.75) is 6.92 Å². The number of hydrogen-bond acceptors (Lipinski definition) is 3. The van der Waals surface area contributed by atoms with Crippen LogP contribution in [-0.4, -0.2) is 43.5 Å². The van der Waals surface area contributed by atoms with E-state index in [9.17, 15) is 9.18 Å². The molecule has 0 atom stereocenters. The lowest BCUT2D eigenvalue weighted by Gasteiger charge is -2.26. The molecular weight excluding hydrogens is 313 g/mol. The van der Waals surface area contributed by atoms with Crippen LogP contribution in [0, 0.1) is 12.7 Å². The van der Waals surface area contributed by atoms with Crippen molar-refractivity contribution in [2.24, 2.45) is 0 Å². The van der Waals surface area contributed by atoms with Crippen molar-refractivity contribution >= 4 is 27.5 Å². The van der Waals surface area contributed by atoms with Gasteiger partial charge in [-0.3, -0.25) is 9.69 Å². The van der Waals surface area contributed by atoms with E-state index in [0.29, 0.717) is 16.7 Å². The van der Waals surface area contributed by atoms with Crippen molar-refractivity contribution in [1.29, 1.82) is 0 Å². The largest absolute Gasteiger partial charge is 0.325 e. The van der Waals surface area contributed by atoms with Crippen LogP contribution in [0.15, 0.2) is 16.6 Å². The van der Waals surface area contributed by atoms with Crippen LogP contribution in [0.4, 0.5) is 10.1 Å². The van der Waals surface area contributed by atoms with Crippen LogP contribution in [0.5, 0.6) is 0 Å². The van der Waals surface area contributed by atoms with E-state index in [0.717, 1.165) is 31.7 Å². The predicted octanol–water partition coefficient (Wildman–Crippen LogP) is 1.74. The van der Waals surface area contributed by atoms with Gasteiger partial charge < -0.3 is 10.6 Å². The minimum Gasteiger partial charge on any atom is -0.325 e. The SMILES string of the molecule is Cc1cc(F)c(Br)cc1NC(=O)CN1CCNCC1. The lowest BCUT2D eigenvalue weighted by atomic mass is 10.2. The number of carbonyl (C=O) groups is 1. The number of halogens is 2.